The molecule has 2 aromatic heterocycles. The van der Waals surface area contributed by atoms with Crippen LogP contribution in [0.4, 0.5) is 19.0 Å². The summed E-state index contributed by atoms with van der Waals surface area (Å²) in [5.41, 5.74) is -0.764. The van der Waals surface area contributed by atoms with E-state index in [0.717, 1.165) is 38.2 Å². The van der Waals surface area contributed by atoms with Gasteiger partial charge in [0.15, 0.2) is 5.69 Å². The number of nitrogens with zero attached hydrogens (tertiary/aromatic N) is 3. The minimum Gasteiger partial charge on any atom is -0.324 e. The Morgan fingerprint density at radius 1 is 1.27 bits per heavy atom. The van der Waals surface area contributed by atoms with Gasteiger partial charge in [-0.15, -0.1) is 0 Å². The lowest BCUT2D eigenvalue weighted by Crippen LogP contribution is -2.27. The summed E-state index contributed by atoms with van der Waals surface area (Å²) < 4.78 is 51.0. The van der Waals surface area contributed by atoms with Crippen LogP contribution < -0.4 is 5.32 Å². The number of carbonyl (C=O) groups excluding carboxylic acids is 1. The van der Waals surface area contributed by atoms with Crippen LogP contribution in [0.3, 0.4) is 0 Å². The molecule has 0 radical (unpaired) electrons. The molecule has 0 spiro atoms. The third kappa shape index (κ3) is 6.13. The van der Waals surface area contributed by atoms with Crippen LogP contribution in [0.2, 0.25) is 0 Å². The summed E-state index contributed by atoms with van der Waals surface area (Å²) in [4.78, 5) is 38.2. The average molecular weight is 446 g/mol. The maximum atomic E-state index is 12.9. The summed E-state index contributed by atoms with van der Waals surface area (Å²) in [6.45, 7) is 0. The topological polar surface area (TPSA) is 117 Å². The Kier molecular flexibility index (Phi) is 6.64. The molecule has 12 heteroatoms. The molecule has 1 atom stereocenters. The van der Waals surface area contributed by atoms with Crippen LogP contribution in [0.15, 0.2) is 30.9 Å². The number of amides is 1. The molecule has 1 amide bonds. The van der Waals surface area contributed by atoms with Crippen molar-refractivity contribution in [1.29, 1.82) is 0 Å². The van der Waals surface area contributed by atoms with Gasteiger partial charge in [-0.25, -0.2) is 9.97 Å². The van der Waals surface area contributed by atoms with Gasteiger partial charge in [0, 0.05) is 12.4 Å². The van der Waals surface area contributed by atoms with E-state index in [-0.39, 0.29) is 11.7 Å². The van der Waals surface area contributed by atoms with E-state index < -0.39 is 37.6 Å². The predicted octanol–water partition coefficient (Wildman–Crippen LogP) is 3.73. The molecule has 164 valence electrons. The standard InChI is InChI=1S/C18H22F3N4O4P/c19-18(20,21)15-9-25(11-23-15)14(7-12-3-1-2-4-12)17(26)24-16-6-5-13(8-22-16)10-30(27,28)29/h5-6,8-9,11-12,14H,1-4,7,10H2,(H,22,24,26)(H2,27,28,29). The van der Waals surface area contributed by atoms with E-state index in [9.17, 15) is 22.5 Å². The van der Waals surface area contributed by atoms with E-state index in [1.165, 1.54) is 22.9 Å². The third-order valence-electron chi connectivity index (χ3n) is 5.05. The Hall–Kier alpha value is -2.23. The highest BCUT2D eigenvalue weighted by Gasteiger charge is 2.35. The maximum Gasteiger partial charge on any atom is 0.434 e. The zero-order chi connectivity index (χ0) is 21.9. The molecule has 1 saturated carbocycles. The molecule has 8 nitrogen and oxygen atoms in total. The fourth-order valence-corrected chi connectivity index (χ4v) is 4.28. The second-order valence-corrected chi connectivity index (χ2v) is 9.12. The van der Waals surface area contributed by atoms with Crippen LogP contribution in [0.25, 0.3) is 0 Å². The van der Waals surface area contributed by atoms with Crippen LogP contribution >= 0.6 is 7.60 Å². The quantitative estimate of drug-likeness (QED) is 0.558. The summed E-state index contributed by atoms with van der Waals surface area (Å²) in [5, 5.41) is 2.58. The minimum absolute atomic E-state index is 0.141. The van der Waals surface area contributed by atoms with Gasteiger partial charge in [0.2, 0.25) is 5.91 Å². The van der Waals surface area contributed by atoms with Gasteiger partial charge in [-0.3, -0.25) is 9.36 Å². The molecule has 0 saturated heterocycles. The van der Waals surface area contributed by atoms with Crippen LogP contribution in [0.5, 0.6) is 0 Å². The zero-order valence-electron chi connectivity index (χ0n) is 15.9. The second kappa shape index (κ2) is 8.87. The molecular formula is C18H22F3N4O4P. The van der Waals surface area contributed by atoms with Gasteiger partial charge in [-0.2, -0.15) is 13.2 Å². The molecule has 0 bridgehead atoms. The maximum absolute atomic E-state index is 12.9. The smallest absolute Gasteiger partial charge is 0.324 e. The molecule has 30 heavy (non-hydrogen) atoms. The molecule has 2 aromatic rings. The van der Waals surface area contributed by atoms with Crippen LogP contribution in [0.1, 0.15) is 49.4 Å². The molecule has 1 fully saturated rings. The van der Waals surface area contributed by atoms with Gasteiger partial charge in [-0.05, 0) is 24.0 Å². The van der Waals surface area contributed by atoms with Crippen molar-refractivity contribution in [3.05, 3.63) is 42.1 Å². The summed E-state index contributed by atoms with van der Waals surface area (Å²) in [6.07, 6.45) is 2.27. The molecule has 0 aliphatic heterocycles. The number of alkyl halides is 3. The molecule has 3 rings (SSSR count). The van der Waals surface area contributed by atoms with Crippen molar-refractivity contribution in [1.82, 2.24) is 14.5 Å². The first-order chi connectivity index (χ1) is 14.0. The van der Waals surface area contributed by atoms with Crippen molar-refractivity contribution in [2.75, 3.05) is 5.32 Å². The first kappa shape index (κ1) is 22.5. The highest BCUT2D eigenvalue weighted by molar-refractivity contribution is 7.50. The monoisotopic (exact) mass is 446 g/mol. The van der Waals surface area contributed by atoms with Crippen molar-refractivity contribution in [3.63, 3.8) is 0 Å². The van der Waals surface area contributed by atoms with E-state index in [1.54, 1.807) is 0 Å². The van der Waals surface area contributed by atoms with E-state index in [0.29, 0.717) is 12.0 Å². The predicted molar refractivity (Wildman–Crippen MR) is 101 cm³/mol. The van der Waals surface area contributed by atoms with E-state index in [4.69, 9.17) is 9.79 Å². The lowest BCUT2D eigenvalue weighted by atomic mass is 9.97. The first-order valence-electron chi connectivity index (χ1n) is 9.42. The molecule has 1 unspecified atom stereocenters. The highest BCUT2D eigenvalue weighted by Crippen LogP contribution is 2.39. The van der Waals surface area contributed by atoms with E-state index in [2.05, 4.69) is 15.3 Å². The summed E-state index contributed by atoms with van der Waals surface area (Å²) in [6, 6.07) is 1.94. The van der Waals surface area contributed by atoms with Gasteiger partial charge in [0.05, 0.1) is 12.5 Å². The number of imidazole rings is 1. The van der Waals surface area contributed by atoms with E-state index in [1.807, 2.05) is 0 Å². The number of carbonyl (C=O) groups is 1. The number of hydrogen-bond acceptors (Lipinski definition) is 4. The number of rotatable bonds is 7. The van der Waals surface area contributed by atoms with Gasteiger partial charge in [-0.1, -0.05) is 31.7 Å². The summed E-state index contributed by atoms with van der Waals surface area (Å²) in [7, 11) is -4.24. The Bertz CT molecular complexity index is 920. The van der Waals surface area contributed by atoms with Crippen LogP contribution in [-0.2, 0) is 21.7 Å². The molecular weight excluding hydrogens is 424 g/mol. The van der Waals surface area contributed by atoms with Crippen LogP contribution in [0, 0.1) is 5.92 Å². The van der Waals surface area contributed by atoms with Gasteiger partial charge in [0.25, 0.3) is 0 Å². The fourth-order valence-electron chi connectivity index (χ4n) is 3.62. The molecule has 1 aliphatic rings. The Morgan fingerprint density at radius 3 is 2.50 bits per heavy atom. The Balaban J connectivity index is 1.76. The zero-order valence-corrected chi connectivity index (χ0v) is 16.8. The van der Waals surface area contributed by atoms with Crippen molar-refractivity contribution < 1.29 is 32.3 Å². The normalized spacial score (nSPS) is 16.6. The average Bonchev–Trinajstić information content (AvgIpc) is 3.31. The number of pyridine rings is 1. The lowest BCUT2D eigenvalue weighted by molar-refractivity contribution is -0.141. The van der Waals surface area contributed by atoms with Gasteiger partial charge >= 0.3 is 13.8 Å². The second-order valence-electron chi connectivity index (χ2n) is 7.47. The van der Waals surface area contributed by atoms with Crippen molar-refractivity contribution in [2.24, 2.45) is 5.92 Å². The van der Waals surface area contributed by atoms with Gasteiger partial charge in [0.1, 0.15) is 11.9 Å². The van der Waals surface area contributed by atoms with Crippen molar-refractivity contribution in [3.8, 4) is 0 Å². The molecule has 0 aromatic carbocycles. The third-order valence-corrected chi connectivity index (χ3v) is 5.83. The summed E-state index contributed by atoms with van der Waals surface area (Å²) >= 11 is 0. The molecule has 2 heterocycles. The Labute approximate surface area is 170 Å². The summed E-state index contributed by atoms with van der Waals surface area (Å²) in [5.74, 6) is -0.151. The van der Waals surface area contributed by atoms with Crippen LogP contribution in [-0.4, -0.2) is 30.2 Å². The number of aromatic nitrogens is 3. The number of hydrogen-bond donors (Lipinski definition) is 3. The van der Waals surface area contributed by atoms with E-state index >= 15 is 0 Å². The SMILES string of the molecule is O=C(Nc1ccc(CP(=O)(O)O)cn1)C(CC1CCCC1)n1cnc(C(F)(F)F)c1. The largest absolute Gasteiger partial charge is 0.434 e. The number of halogens is 3. The van der Waals surface area contributed by atoms with Crippen molar-refractivity contribution >= 4 is 19.3 Å². The molecule has 3 N–H and O–H groups in total. The minimum atomic E-state index is -4.60. The van der Waals surface area contributed by atoms with Crippen molar-refractivity contribution in [2.45, 2.75) is 50.5 Å². The number of anilines is 1. The fraction of sp³-hybridized carbons (Fsp3) is 0.500. The highest BCUT2D eigenvalue weighted by atomic mass is 31.2. The lowest BCUT2D eigenvalue weighted by Gasteiger charge is -2.21. The first-order valence-corrected chi connectivity index (χ1v) is 11.2. The Morgan fingerprint density at radius 2 is 1.97 bits per heavy atom. The molecule has 1 aliphatic carbocycles. The van der Waals surface area contributed by atoms with Gasteiger partial charge < -0.3 is 19.7 Å². The number of nitrogens with one attached hydrogen (secondary N) is 1.